The quantitative estimate of drug-likeness (QED) is 0.446. The van der Waals surface area contributed by atoms with Gasteiger partial charge in [-0.05, 0) is 74.6 Å². The van der Waals surface area contributed by atoms with Crippen LogP contribution >= 0.6 is 11.3 Å². The standard InChI is InChI=1S/C30H33FN2O4S/c1-5-37-29(36)25-19-8-6-7-9-22(19)38-28(25)33-27(35)23-16(2)32-20-14-30(3,4)15-21(34)26(20)24(23)17-10-12-18(31)13-11-17/h10-13,24,32H,5-9,14-15H2,1-4H3,(H,33,35)/t24-/m0/s1. The smallest absolute Gasteiger partial charge is 0.341 e. The Hall–Kier alpha value is -3.26. The van der Waals surface area contributed by atoms with E-state index in [4.69, 9.17) is 4.74 Å². The zero-order chi connectivity index (χ0) is 27.2. The van der Waals surface area contributed by atoms with Gasteiger partial charge in [0, 0.05) is 39.8 Å². The lowest BCUT2D eigenvalue weighted by atomic mass is 9.68. The van der Waals surface area contributed by atoms with Gasteiger partial charge in [-0.1, -0.05) is 26.0 Å². The molecule has 0 saturated carbocycles. The predicted molar refractivity (Wildman–Crippen MR) is 146 cm³/mol. The Balaban J connectivity index is 1.57. The highest BCUT2D eigenvalue weighted by Crippen LogP contribution is 2.47. The normalized spacial score (nSPS) is 20.4. The first-order valence-electron chi connectivity index (χ1n) is 13.2. The molecule has 6 nitrogen and oxygen atoms in total. The van der Waals surface area contributed by atoms with Gasteiger partial charge in [0.1, 0.15) is 10.8 Å². The van der Waals surface area contributed by atoms with Gasteiger partial charge in [0.05, 0.1) is 12.2 Å². The molecule has 200 valence electrons. The summed E-state index contributed by atoms with van der Waals surface area (Å²) in [7, 11) is 0. The van der Waals surface area contributed by atoms with Crippen molar-refractivity contribution < 1.29 is 23.5 Å². The van der Waals surface area contributed by atoms with Crippen LogP contribution < -0.4 is 10.6 Å². The first-order valence-corrected chi connectivity index (χ1v) is 14.0. The third-order valence-corrected chi connectivity index (χ3v) is 8.77. The Morgan fingerprint density at radius 3 is 2.58 bits per heavy atom. The number of thiophene rings is 1. The minimum atomic E-state index is -0.643. The molecule has 38 heavy (non-hydrogen) atoms. The summed E-state index contributed by atoms with van der Waals surface area (Å²) < 4.78 is 19.2. The molecule has 1 amide bonds. The number of carbonyl (C=O) groups excluding carboxylic acids is 3. The molecule has 0 unspecified atom stereocenters. The summed E-state index contributed by atoms with van der Waals surface area (Å²) in [6, 6.07) is 5.98. The number of ketones is 1. The van der Waals surface area contributed by atoms with Crippen LogP contribution in [-0.4, -0.2) is 24.3 Å². The molecule has 2 N–H and O–H groups in total. The Bertz CT molecular complexity index is 1380. The Kier molecular flexibility index (Phi) is 7.03. The van der Waals surface area contributed by atoms with Crippen molar-refractivity contribution in [1.82, 2.24) is 5.32 Å². The van der Waals surface area contributed by atoms with Gasteiger partial charge in [-0.2, -0.15) is 0 Å². The fourth-order valence-electron chi connectivity index (χ4n) is 5.97. The lowest BCUT2D eigenvalue weighted by molar-refractivity contribution is -0.118. The summed E-state index contributed by atoms with van der Waals surface area (Å²) in [4.78, 5) is 41.6. The summed E-state index contributed by atoms with van der Waals surface area (Å²) >= 11 is 1.43. The molecular formula is C30H33FN2O4S. The lowest BCUT2D eigenvalue weighted by Gasteiger charge is -2.39. The average molecular weight is 537 g/mol. The van der Waals surface area contributed by atoms with E-state index in [-0.39, 0.29) is 23.6 Å². The highest BCUT2D eigenvalue weighted by Gasteiger charge is 2.43. The fourth-order valence-corrected chi connectivity index (χ4v) is 7.24. The van der Waals surface area contributed by atoms with Crippen molar-refractivity contribution >= 4 is 34.0 Å². The summed E-state index contributed by atoms with van der Waals surface area (Å²) in [6.07, 6.45) is 4.70. The molecule has 0 saturated heterocycles. The van der Waals surface area contributed by atoms with Gasteiger partial charge in [0.25, 0.3) is 5.91 Å². The van der Waals surface area contributed by atoms with Crippen molar-refractivity contribution in [2.24, 2.45) is 5.41 Å². The number of nitrogens with one attached hydrogen (secondary N) is 2. The maximum Gasteiger partial charge on any atom is 0.341 e. The number of carbonyl (C=O) groups is 3. The number of hydrogen-bond acceptors (Lipinski definition) is 6. The van der Waals surface area contributed by atoms with Crippen molar-refractivity contribution in [3.63, 3.8) is 0 Å². The van der Waals surface area contributed by atoms with Crippen molar-refractivity contribution in [3.8, 4) is 0 Å². The van der Waals surface area contributed by atoms with Crippen molar-refractivity contribution in [1.29, 1.82) is 0 Å². The van der Waals surface area contributed by atoms with E-state index in [1.807, 2.05) is 6.92 Å². The van der Waals surface area contributed by atoms with E-state index in [0.717, 1.165) is 41.8 Å². The fraction of sp³-hybridized carbons (Fsp3) is 0.433. The second kappa shape index (κ2) is 10.1. The van der Waals surface area contributed by atoms with E-state index < -0.39 is 17.8 Å². The molecule has 0 fully saturated rings. The predicted octanol–water partition coefficient (Wildman–Crippen LogP) is 6.19. The van der Waals surface area contributed by atoms with Gasteiger partial charge in [0.2, 0.25) is 0 Å². The second-order valence-corrected chi connectivity index (χ2v) is 12.2. The number of Topliss-reactive ketones (excluding diaryl/α,β-unsaturated/α-hetero) is 1. The number of allylic oxidation sites excluding steroid dienone is 3. The van der Waals surface area contributed by atoms with Gasteiger partial charge < -0.3 is 15.4 Å². The van der Waals surface area contributed by atoms with Crippen LogP contribution in [0.15, 0.2) is 46.8 Å². The first-order chi connectivity index (χ1) is 18.1. The van der Waals surface area contributed by atoms with Crippen LogP contribution in [0.3, 0.4) is 0 Å². The van der Waals surface area contributed by atoms with Crippen LogP contribution in [0.25, 0.3) is 0 Å². The third-order valence-electron chi connectivity index (χ3n) is 7.57. The van der Waals surface area contributed by atoms with Crippen molar-refractivity contribution in [2.75, 3.05) is 11.9 Å². The van der Waals surface area contributed by atoms with Gasteiger partial charge in [-0.3, -0.25) is 9.59 Å². The van der Waals surface area contributed by atoms with Crippen LogP contribution in [0.5, 0.6) is 0 Å². The number of benzene rings is 1. The summed E-state index contributed by atoms with van der Waals surface area (Å²) in [5, 5.41) is 6.85. The zero-order valence-corrected chi connectivity index (χ0v) is 23.1. The SMILES string of the molecule is CCOC(=O)c1c(NC(=O)C2=C(C)NC3=C(C(=O)CC(C)(C)C3)[C@H]2c2ccc(F)cc2)sc2c1CCCC2. The molecule has 2 heterocycles. The highest BCUT2D eigenvalue weighted by atomic mass is 32.1. The second-order valence-electron chi connectivity index (χ2n) is 11.1. The molecule has 1 aliphatic heterocycles. The summed E-state index contributed by atoms with van der Waals surface area (Å²) in [6.45, 7) is 7.94. The number of amides is 1. The molecule has 3 aliphatic rings. The van der Waals surface area contributed by atoms with Crippen LogP contribution in [0.2, 0.25) is 0 Å². The van der Waals surface area contributed by atoms with Gasteiger partial charge in [-0.25, -0.2) is 9.18 Å². The van der Waals surface area contributed by atoms with E-state index in [1.165, 1.54) is 23.5 Å². The van der Waals surface area contributed by atoms with Crippen molar-refractivity contribution in [3.05, 3.63) is 74.2 Å². The molecule has 2 aliphatic carbocycles. The van der Waals surface area contributed by atoms with Crippen molar-refractivity contribution in [2.45, 2.75) is 72.1 Å². The number of aryl methyl sites for hydroxylation is 1. The minimum Gasteiger partial charge on any atom is -0.462 e. The maximum atomic E-state index is 14.0. The Morgan fingerprint density at radius 1 is 1.16 bits per heavy atom. The molecule has 1 atom stereocenters. The van der Waals surface area contributed by atoms with Crippen LogP contribution in [-0.2, 0) is 27.2 Å². The van der Waals surface area contributed by atoms with Crippen LogP contribution in [0.4, 0.5) is 9.39 Å². The molecule has 0 spiro atoms. The maximum absolute atomic E-state index is 14.0. The lowest BCUT2D eigenvalue weighted by Crippen LogP contribution is -2.39. The van der Waals surface area contributed by atoms with Crippen LogP contribution in [0, 0.1) is 11.2 Å². The molecule has 5 rings (SSSR count). The summed E-state index contributed by atoms with van der Waals surface area (Å²) in [5.41, 5.74) is 4.28. The first kappa shape index (κ1) is 26.4. The minimum absolute atomic E-state index is 0.0188. The Morgan fingerprint density at radius 2 is 1.87 bits per heavy atom. The average Bonchev–Trinajstić information content (AvgIpc) is 3.20. The van der Waals surface area contributed by atoms with E-state index in [1.54, 1.807) is 19.1 Å². The van der Waals surface area contributed by atoms with Gasteiger partial charge in [0.15, 0.2) is 5.78 Å². The monoisotopic (exact) mass is 536 g/mol. The molecule has 2 aromatic rings. The largest absolute Gasteiger partial charge is 0.462 e. The van der Waals surface area contributed by atoms with Crippen LogP contribution in [0.1, 0.15) is 85.7 Å². The van der Waals surface area contributed by atoms with Gasteiger partial charge >= 0.3 is 5.97 Å². The van der Waals surface area contributed by atoms with E-state index in [2.05, 4.69) is 24.5 Å². The van der Waals surface area contributed by atoms with E-state index in [0.29, 0.717) is 45.8 Å². The number of anilines is 1. The highest BCUT2D eigenvalue weighted by molar-refractivity contribution is 7.17. The summed E-state index contributed by atoms with van der Waals surface area (Å²) in [5.74, 6) is -1.87. The molecule has 1 aromatic heterocycles. The third kappa shape index (κ3) is 4.82. The number of hydrogen-bond donors (Lipinski definition) is 2. The number of ether oxygens (including phenoxy) is 1. The van der Waals surface area contributed by atoms with Gasteiger partial charge in [-0.15, -0.1) is 11.3 Å². The zero-order valence-electron chi connectivity index (χ0n) is 22.3. The van der Waals surface area contributed by atoms with E-state index in [9.17, 15) is 18.8 Å². The van der Waals surface area contributed by atoms with E-state index >= 15 is 0 Å². The molecule has 8 heteroatoms. The number of esters is 1. The molecule has 1 aromatic carbocycles. The Labute approximate surface area is 226 Å². The number of fused-ring (bicyclic) bond motifs is 1. The molecular weight excluding hydrogens is 503 g/mol. The number of dihydropyridines is 1. The topological polar surface area (TPSA) is 84.5 Å². The molecule has 0 radical (unpaired) electrons. The molecule has 0 bridgehead atoms. The number of halogens is 1. The number of rotatable bonds is 5.